The van der Waals surface area contributed by atoms with Crippen LogP contribution in [0.4, 0.5) is 4.39 Å². The maximum atomic E-state index is 13.0. The summed E-state index contributed by atoms with van der Waals surface area (Å²) in [6.07, 6.45) is 5.59. The number of aliphatic hydroxyl groups excluding tert-OH is 1. The van der Waals surface area contributed by atoms with Crippen LogP contribution in [-0.4, -0.2) is 30.3 Å². The Balaban J connectivity index is 2.40. The molecule has 0 aromatic heterocycles. The summed E-state index contributed by atoms with van der Waals surface area (Å²) in [4.78, 5) is 10.8. The summed E-state index contributed by atoms with van der Waals surface area (Å²) in [5, 5.41) is 8.47. The lowest BCUT2D eigenvalue weighted by molar-refractivity contribution is -0.125. The van der Waals surface area contributed by atoms with Gasteiger partial charge in [-0.25, -0.2) is 4.39 Å². The number of rotatable bonds is 5. The molecule has 0 spiro atoms. The van der Waals surface area contributed by atoms with Gasteiger partial charge in [0.1, 0.15) is 18.9 Å². The second-order valence-electron chi connectivity index (χ2n) is 3.46. The molecule has 0 fully saturated rings. The molecule has 1 aliphatic carbocycles. The Bertz CT molecular complexity index is 282. The normalized spacial score (nSPS) is 21.5. The number of alkyl halides is 1. The van der Waals surface area contributed by atoms with Gasteiger partial charge in [-0.1, -0.05) is 0 Å². The van der Waals surface area contributed by atoms with Crippen molar-refractivity contribution < 1.29 is 19.0 Å². The minimum atomic E-state index is -0.949. The van der Waals surface area contributed by atoms with Crippen molar-refractivity contribution in [2.24, 2.45) is 5.92 Å². The van der Waals surface area contributed by atoms with Crippen LogP contribution in [0.25, 0.3) is 0 Å². The third-order valence-corrected chi connectivity index (χ3v) is 2.18. The molecule has 2 unspecified atom stereocenters. The molecule has 0 heterocycles. The molecule has 2 atom stereocenters. The van der Waals surface area contributed by atoms with Gasteiger partial charge in [0.2, 0.25) is 5.76 Å². The first-order chi connectivity index (χ1) is 7.13. The largest absolute Gasteiger partial charge is 0.465 e. The smallest absolute Gasteiger partial charge is 0.245 e. The second kappa shape index (κ2) is 5.59. The molecule has 15 heavy (non-hydrogen) atoms. The van der Waals surface area contributed by atoms with Crippen molar-refractivity contribution >= 4 is 5.78 Å². The molecule has 82 valence electrons. The molecule has 0 radical (unpaired) electrons. The van der Waals surface area contributed by atoms with Crippen molar-refractivity contribution in [1.82, 2.24) is 0 Å². The average Bonchev–Trinajstić information content (AvgIpc) is 2.26. The number of Topliss-reactive ketones (excluding diaryl/α,β-unsaturated/α-hetero) is 1. The topological polar surface area (TPSA) is 46.5 Å². The van der Waals surface area contributed by atoms with Gasteiger partial charge >= 0.3 is 0 Å². The van der Waals surface area contributed by atoms with Crippen LogP contribution in [0.1, 0.15) is 13.3 Å². The molecular weight excluding hydrogens is 199 g/mol. The Morgan fingerprint density at radius 2 is 2.60 bits per heavy atom. The molecule has 0 aromatic carbocycles. The summed E-state index contributed by atoms with van der Waals surface area (Å²) in [7, 11) is 0. The van der Waals surface area contributed by atoms with Gasteiger partial charge in [0.05, 0.1) is 18.4 Å². The first-order valence-electron chi connectivity index (χ1n) is 4.82. The first kappa shape index (κ1) is 11.8. The van der Waals surface area contributed by atoms with Gasteiger partial charge in [-0.05, 0) is 6.92 Å². The molecule has 3 nitrogen and oxygen atoms in total. The van der Waals surface area contributed by atoms with E-state index in [-0.39, 0.29) is 12.5 Å². The number of carbonyl (C=O) groups is 1. The van der Waals surface area contributed by atoms with Crippen molar-refractivity contribution in [1.29, 1.82) is 0 Å². The summed E-state index contributed by atoms with van der Waals surface area (Å²) < 4.78 is 18.1. The minimum absolute atomic E-state index is 0.180. The maximum absolute atomic E-state index is 13.0. The van der Waals surface area contributed by atoms with E-state index in [0.29, 0.717) is 12.2 Å². The fourth-order valence-electron chi connectivity index (χ4n) is 1.24. The van der Waals surface area contributed by atoms with Gasteiger partial charge < -0.3 is 9.84 Å². The lowest BCUT2D eigenvalue weighted by atomic mass is 9.95. The van der Waals surface area contributed by atoms with E-state index in [1.807, 2.05) is 0 Å². The van der Waals surface area contributed by atoms with E-state index >= 15 is 0 Å². The summed E-state index contributed by atoms with van der Waals surface area (Å²) in [6, 6.07) is 0. The lowest BCUT2D eigenvalue weighted by Crippen LogP contribution is -2.17. The maximum Gasteiger partial charge on any atom is 0.245 e. The zero-order valence-electron chi connectivity index (χ0n) is 8.57. The Morgan fingerprint density at radius 3 is 3.20 bits per heavy atom. The van der Waals surface area contributed by atoms with Gasteiger partial charge in [0, 0.05) is 0 Å². The standard InChI is InChI=1S/C11H14FO3/c1-8(12)9-3-2-4-11(5-9)15-7-10(14)6-13/h2-3,8-9,13H,5-7H2,1H3/q+1. The Labute approximate surface area is 88.2 Å². The van der Waals surface area contributed by atoms with E-state index in [0.717, 1.165) is 0 Å². The van der Waals surface area contributed by atoms with Crippen LogP contribution in [0.2, 0.25) is 0 Å². The summed E-state index contributed by atoms with van der Waals surface area (Å²) >= 11 is 0. The number of hydrogen-bond acceptors (Lipinski definition) is 3. The average molecular weight is 213 g/mol. The minimum Gasteiger partial charge on any atom is -0.465 e. The molecule has 0 bridgehead atoms. The Kier molecular flexibility index (Phi) is 4.40. The highest BCUT2D eigenvalue weighted by molar-refractivity contribution is 5.80. The molecular formula is C11H14FO3+. The van der Waals surface area contributed by atoms with E-state index in [2.05, 4.69) is 6.08 Å². The van der Waals surface area contributed by atoms with Crippen LogP contribution in [0.3, 0.4) is 0 Å². The summed E-state index contributed by atoms with van der Waals surface area (Å²) in [5.74, 6) is -0.150. The van der Waals surface area contributed by atoms with Gasteiger partial charge in [-0.15, -0.1) is 0 Å². The van der Waals surface area contributed by atoms with Crippen molar-refractivity contribution in [3.8, 4) is 0 Å². The number of aliphatic hydroxyl groups is 1. The molecule has 4 heteroatoms. The molecule has 1 N–H and O–H groups in total. The fourth-order valence-corrected chi connectivity index (χ4v) is 1.24. The Morgan fingerprint density at radius 1 is 1.87 bits per heavy atom. The molecule has 1 rings (SSSR count). The predicted octanol–water partition coefficient (Wildman–Crippen LogP) is 1.19. The van der Waals surface area contributed by atoms with Crippen LogP contribution < -0.4 is 0 Å². The number of carbonyl (C=O) groups excluding carboxylic acids is 1. The number of hydrogen-bond donors (Lipinski definition) is 1. The lowest BCUT2D eigenvalue weighted by Gasteiger charge is -2.12. The third kappa shape index (κ3) is 3.78. The highest BCUT2D eigenvalue weighted by atomic mass is 19.1. The van der Waals surface area contributed by atoms with Crippen LogP contribution >= 0.6 is 0 Å². The molecule has 1 aliphatic rings. The van der Waals surface area contributed by atoms with Crippen LogP contribution in [-0.2, 0) is 9.53 Å². The number of allylic oxidation sites excluding steroid dienone is 4. The molecule has 0 aromatic rings. The molecule has 0 saturated carbocycles. The zero-order valence-corrected chi connectivity index (χ0v) is 8.57. The van der Waals surface area contributed by atoms with E-state index < -0.39 is 18.6 Å². The van der Waals surface area contributed by atoms with Crippen LogP contribution in [0, 0.1) is 12.0 Å². The molecule has 0 aliphatic heterocycles. The van der Waals surface area contributed by atoms with E-state index in [1.54, 1.807) is 12.2 Å². The van der Waals surface area contributed by atoms with Gasteiger partial charge in [0.25, 0.3) is 0 Å². The number of ether oxygens (including phenoxy) is 1. The zero-order chi connectivity index (χ0) is 11.3. The number of halogens is 1. The molecule has 0 saturated heterocycles. The monoisotopic (exact) mass is 213 g/mol. The van der Waals surface area contributed by atoms with Crippen LogP contribution in [0.15, 0.2) is 17.9 Å². The van der Waals surface area contributed by atoms with Gasteiger partial charge in [-0.2, -0.15) is 0 Å². The van der Waals surface area contributed by atoms with Crippen molar-refractivity contribution in [2.75, 3.05) is 13.2 Å². The highest BCUT2D eigenvalue weighted by Crippen LogP contribution is 2.23. The van der Waals surface area contributed by atoms with Crippen molar-refractivity contribution in [3.63, 3.8) is 0 Å². The van der Waals surface area contributed by atoms with Crippen molar-refractivity contribution in [3.05, 3.63) is 24.0 Å². The van der Waals surface area contributed by atoms with E-state index in [9.17, 15) is 9.18 Å². The summed E-state index contributed by atoms with van der Waals surface area (Å²) in [6.45, 7) is 0.767. The SMILES string of the molecule is CC(F)C1C=C[C+]=C(OCC(=O)CO)C1. The summed E-state index contributed by atoms with van der Waals surface area (Å²) in [5.41, 5.74) is 0. The quantitative estimate of drug-likeness (QED) is 0.698. The Hall–Kier alpha value is -1.25. The van der Waals surface area contributed by atoms with Gasteiger partial charge in [0.15, 0.2) is 18.5 Å². The predicted molar refractivity (Wildman–Crippen MR) is 52.6 cm³/mol. The van der Waals surface area contributed by atoms with Crippen LogP contribution in [0.5, 0.6) is 0 Å². The van der Waals surface area contributed by atoms with E-state index in [4.69, 9.17) is 9.84 Å². The fraction of sp³-hybridized carbons (Fsp3) is 0.545. The first-order valence-corrected chi connectivity index (χ1v) is 4.82. The van der Waals surface area contributed by atoms with Gasteiger partial charge in [-0.3, -0.25) is 4.79 Å². The highest BCUT2D eigenvalue weighted by Gasteiger charge is 2.26. The second-order valence-corrected chi connectivity index (χ2v) is 3.46. The number of ketones is 1. The van der Waals surface area contributed by atoms with Crippen molar-refractivity contribution in [2.45, 2.75) is 19.5 Å². The third-order valence-electron chi connectivity index (χ3n) is 2.18. The van der Waals surface area contributed by atoms with E-state index in [1.165, 1.54) is 6.92 Å². The molecule has 0 amide bonds.